The van der Waals surface area contributed by atoms with Gasteiger partial charge in [0.1, 0.15) is 0 Å². The Morgan fingerprint density at radius 1 is 1.56 bits per heavy atom. The molecule has 1 atom stereocenters. The summed E-state index contributed by atoms with van der Waals surface area (Å²) in [5, 5.41) is 4.14. The topological polar surface area (TPSA) is 21.3 Å². The van der Waals surface area contributed by atoms with E-state index < -0.39 is 0 Å². The minimum absolute atomic E-state index is 0.328. The van der Waals surface area contributed by atoms with Gasteiger partial charge in [-0.3, -0.25) is 0 Å². The average Bonchev–Trinajstić information content (AvgIpc) is 2.29. The molecule has 1 aromatic carbocycles. The van der Waals surface area contributed by atoms with Gasteiger partial charge in [-0.15, -0.1) is 11.8 Å². The quantitative estimate of drug-likeness (QED) is 0.842. The molecule has 1 heterocycles. The van der Waals surface area contributed by atoms with Crippen molar-refractivity contribution in [2.45, 2.75) is 17.9 Å². The number of ether oxygens (including phenoxy) is 1. The summed E-state index contributed by atoms with van der Waals surface area (Å²) in [5.41, 5.74) is 1.24. The minimum Gasteiger partial charge on any atom is -0.375 e. The summed E-state index contributed by atoms with van der Waals surface area (Å²) in [7, 11) is 0. The van der Waals surface area contributed by atoms with Crippen LogP contribution in [0.2, 0.25) is 5.02 Å². The van der Waals surface area contributed by atoms with Crippen LogP contribution in [0.5, 0.6) is 0 Å². The van der Waals surface area contributed by atoms with Crippen molar-refractivity contribution < 1.29 is 4.74 Å². The molecular weight excluding hydrogens is 242 g/mol. The van der Waals surface area contributed by atoms with Crippen molar-refractivity contribution >= 4 is 23.4 Å². The maximum Gasteiger partial charge on any atom is 0.0793 e. The lowest BCUT2D eigenvalue weighted by molar-refractivity contribution is 0.0441. The Kier molecular flexibility index (Phi) is 4.53. The fourth-order valence-corrected chi connectivity index (χ4v) is 2.94. The predicted octanol–water partition coefficient (Wildman–Crippen LogP) is 2.73. The lowest BCUT2D eigenvalue weighted by atomic mass is 10.2. The zero-order valence-corrected chi connectivity index (χ0v) is 10.9. The molecule has 1 aromatic rings. The molecule has 1 fully saturated rings. The molecule has 88 valence electrons. The third-order valence-electron chi connectivity index (χ3n) is 2.57. The first-order chi connectivity index (χ1) is 7.75. The SMILES string of the molecule is Cc1cc(Cl)ccc1SC[C@@H]1CNCCO1. The molecule has 2 nitrogen and oxygen atoms in total. The molecular formula is C12H16ClNOS. The molecule has 0 radical (unpaired) electrons. The van der Waals surface area contributed by atoms with Crippen LogP contribution < -0.4 is 5.32 Å². The van der Waals surface area contributed by atoms with Crippen LogP contribution in [-0.4, -0.2) is 31.6 Å². The Balaban J connectivity index is 1.88. The van der Waals surface area contributed by atoms with E-state index in [1.165, 1.54) is 10.5 Å². The molecule has 2 rings (SSSR count). The average molecular weight is 258 g/mol. The Hall–Kier alpha value is -0.220. The van der Waals surface area contributed by atoms with Crippen LogP contribution >= 0.6 is 23.4 Å². The number of benzene rings is 1. The number of halogens is 1. The van der Waals surface area contributed by atoms with Crippen molar-refractivity contribution in [3.8, 4) is 0 Å². The first kappa shape index (κ1) is 12.2. The van der Waals surface area contributed by atoms with Crippen LogP contribution in [0, 0.1) is 6.92 Å². The Bertz CT molecular complexity index is 353. The maximum absolute atomic E-state index is 5.92. The van der Waals surface area contributed by atoms with Gasteiger partial charge in [0, 0.05) is 28.8 Å². The van der Waals surface area contributed by atoms with Gasteiger partial charge in [-0.25, -0.2) is 0 Å². The highest BCUT2D eigenvalue weighted by molar-refractivity contribution is 7.99. The first-order valence-electron chi connectivity index (χ1n) is 5.47. The van der Waals surface area contributed by atoms with Crippen molar-refractivity contribution in [3.05, 3.63) is 28.8 Å². The Labute approximate surface area is 106 Å². The molecule has 0 aromatic heterocycles. The largest absolute Gasteiger partial charge is 0.375 e. The summed E-state index contributed by atoms with van der Waals surface area (Å²) in [6.07, 6.45) is 0.328. The summed E-state index contributed by atoms with van der Waals surface area (Å²) < 4.78 is 5.65. The normalized spacial score (nSPS) is 21.0. The number of hydrogen-bond acceptors (Lipinski definition) is 3. The van der Waals surface area contributed by atoms with Crippen LogP contribution in [0.15, 0.2) is 23.1 Å². The van der Waals surface area contributed by atoms with E-state index in [9.17, 15) is 0 Å². The second kappa shape index (κ2) is 5.92. The van der Waals surface area contributed by atoms with E-state index in [0.29, 0.717) is 6.10 Å². The van der Waals surface area contributed by atoms with Gasteiger partial charge in [0.2, 0.25) is 0 Å². The van der Waals surface area contributed by atoms with E-state index in [2.05, 4.69) is 18.3 Å². The third-order valence-corrected chi connectivity index (χ3v) is 4.11. The number of hydrogen-bond donors (Lipinski definition) is 1. The van der Waals surface area contributed by atoms with Crippen molar-refractivity contribution in [1.29, 1.82) is 0 Å². The smallest absolute Gasteiger partial charge is 0.0793 e. The molecule has 0 saturated carbocycles. The van der Waals surface area contributed by atoms with Crippen LogP contribution in [-0.2, 0) is 4.74 Å². The molecule has 1 aliphatic heterocycles. The van der Waals surface area contributed by atoms with Gasteiger partial charge in [0.05, 0.1) is 12.7 Å². The van der Waals surface area contributed by atoms with Crippen molar-refractivity contribution in [2.75, 3.05) is 25.4 Å². The van der Waals surface area contributed by atoms with Gasteiger partial charge in [-0.2, -0.15) is 0 Å². The predicted molar refractivity (Wildman–Crippen MR) is 69.5 cm³/mol. The summed E-state index contributed by atoms with van der Waals surface area (Å²) >= 11 is 7.76. The van der Waals surface area contributed by atoms with Gasteiger partial charge in [0.15, 0.2) is 0 Å². The van der Waals surface area contributed by atoms with Crippen molar-refractivity contribution in [1.82, 2.24) is 5.32 Å². The zero-order valence-electron chi connectivity index (χ0n) is 9.33. The van der Waals surface area contributed by atoms with Crippen molar-refractivity contribution in [3.63, 3.8) is 0 Å². The van der Waals surface area contributed by atoms with Crippen LogP contribution in [0.4, 0.5) is 0 Å². The van der Waals surface area contributed by atoms with Crippen molar-refractivity contribution in [2.24, 2.45) is 0 Å². The highest BCUT2D eigenvalue weighted by Gasteiger charge is 2.13. The van der Waals surface area contributed by atoms with Gasteiger partial charge >= 0.3 is 0 Å². The molecule has 0 amide bonds. The number of aryl methyl sites for hydroxylation is 1. The number of morpholine rings is 1. The summed E-state index contributed by atoms with van der Waals surface area (Å²) in [4.78, 5) is 1.29. The molecule has 1 N–H and O–H groups in total. The first-order valence-corrected chi connectivity index (χ1v) is 6.83. The molecule has 0 aliphatic carbocycles. The molecule has 0 bridgehead atoms. The van der Waals surface area contributed by atoms with E-state index in [-0.39, 0.29) is 0 Å². The van der Waals surface area contributed by atoms with Crippen LogP contribution in [0.1, 0.15) is 5.56 Å². The standard InChI is InChI=1S/C12H16ClNOS/c1-9-6-10(13)2-3-12(9)16-8-11-7-14-4-5-15-11/h2-3,6,11,14H,4-5,7-8H2,1H3/t11-/m0/s1. The molecule has 4 heteroatoms. The van der Waals surface area contributed by atoms with E-state index >= 15 is 0 Å². The van der Waals surface area contributed by atoms with E-state index in [1.54, 1.807) is 0 Å². The monoisotopic (exact) mass is 257 g/mol. The third kappa shape index (κ3) is 3.39. The second-order valence-corrected chi connectivity index (χ2v) is 5.42. The second-order valence-electron chi connectivity index (χ2n) is 3.92. The Morgan fingerprint density at radius 2 is 2.44 bits per heavy atom. The van der Waals surface area contributed by atoms with E-state index in [1.807, 2.05) is 23.9 Å². The molecule has 0 spiro atoms. The van der Waals surface area contributed by atoms with Gasteiger partial charge in [-0.1, -0.05) is 11.6 Å². The molecule has 0 unspecified atom stereocenters. The lowest BCUT2D eigenvalue weighted by Gasteiger charge is -2.23. The fourth-order valence-electron chi connectivity index (χ4n) is 1.68. The summed E-state index contributed by atoms with van der Waals surface area (Å²) in [6, 6.07) is 6.03. The fraction of sp³-hybridized carbons (Fsp3) is 0.500. The zero-order chi connectivity index (χ0) is 11.4. The molecule has 1 saturated heterocycles. The van der Waals surface area contributed by atoms with Gasteiger partial charge < -0.3 is 10.1 Å². The van der Waals surface area contributed by atoms with E-state index in [4.69, 9.17) is 16.3 Å². The minimum atomic E-state index is 0.328. The number of thioether (sulfide) groups is 1. The maximum atomic E-state index is 5.92. The summed E-state index contributed by atoms with van der Waals surface area (Å²) in [6.45, 7) is 4.85. The Morgan fingerprint density at radius 3 is 3.12 bits per heavy atom. The molecule has 16 heavy (non-hydrogen) atoms. The highest BCUT2D eigenvalue weighted by atomic mass is 35.5. The lowest BCUT2D eigenvalue weighted by Crippen LogP contribution is -2.39. The molecule has 1 aliphatic rings. The van der Waals surface area contributed by atoms with Gasteiger partial charge in [0.25, 0.3) is 0 Å². The highest BCUT2D eigenvalue weighted by Crippen LogP contribution is 2.26. The van der Waals surface area contributed by atoms with Crippen LogP contribution in [0.3, 0.4) is 0 Å². The number of rotatable bonds is 3. The number of nitrogens with one attached hydrogen (secondary N) is 1. The van der Waals surface area contributed by atoms with Crippen LogP contribution in [0.25, 0.3) is 0 Å². The van der Waals surface area contributed by atoms with Gasteiger partial charge in [-0.05, 0) is 30.7 Å². The summed E-state index contributed by atoms with van der Waals surface area (Å²) in [5.74, 6) is 0.996. The van der Waals surface area contributed by atoms with E-state index in [0.717, 1.165) is 30.5 Å².